The van der Waals surface area contributed by atoms with Gasteiger partial charge < -0.3 is 4.90 Å². The maximum absolute atomic E-state index is 13.0. The highest BCUT2D eigenvalue weighted by atomic mass is 19.1. The van der Waals surface area contributed by atoms with E-state index in [1.165, 1.54) is 17.7 Å². The lowest BCUT2D eigenvalue weighted by molar-refractivity contribution is -0.134. The lowest BCUT2D eigenvalue weighted by Gasteiger charge is -2.35. The molecule has 130 valence electrons. The van der Waals surface area contributed by atoms with Crippen LogP contribution in [0, 0.1) is 11.7 Å². The van der Waals surface area contributed by atoms with Crippen LogP contribution in [0.4, 0.5) is 4.39 Å². The number of hydrogen-bond acceptors (Lipinski definition) is 3. The van der Waals surface area contributed by atoms with E-state index < -0.39 is 0 Å². The maximum atomic E-state index is 13.0. The third kappa shape index (κ3) is 3.71. The van der Waals surface area contributed by atoms with Crippen molar-refractivity contribution < 1.29 is 9.18 Å². The van der Waals surface area contributed by atoms with Gasteiger partial charge in [0.15, 0.2) is 0 Å². The molecule has 2 heterocycles. The van der Waals surface area contributed by atoms with Gasteiger partial charge in [-0.25, -0.2) is 4.39 Å². The Hall–Kier alpha value is -2.27. The van der Waals surface area contributed by atoms with Crippen molar-refractivity contribution in [2.24, 2.45) is 5.92 Å². The number of benzene rings is 1. The molecule has 2 unspecified atom stereocenters. The van der Waals surface area contributed by atoms with Crippen molar-refractivity contribution >= 4 is 5.91 Å². The fraction of sp³-hybridized carbons (Fsp3) is 0.400. The van der Waals surface area contributed by atoms with Crippen molar-refractivity contribution in [2.75, 3.05) is 26.2 Å². The quantitative estimate of drug-likeness (QED) is 0.859. The first-order valence-electron chi connectivity index (χ1n) is 8.86. The SMILES string of the molecule is O=C(C1CC1c1ccc(F)cc1)N1CCN(Cc2ccncc2)CC1. The topological polar surface area (TPSA) is 36.4 Å². The Bertz CT molecular complexity index is 726. The number of piperazine rings is 1. The number of nitrogens with zero attached hydrogens (tertiary/aromatic N) is 3. The fourth-order valence-electron chi connectivity index (χ4n) is 3.65. The maximum Gasteiger partial charge on any atom is 0.226 e. The standard InChI is InChI=1S/C20H22FN3O/c21-17-3-1-16(2-4-17)18-13-19(18)20(25)24-11-9-23(10-12-24)14-15-5-7-22-8-6-15/h1-8,18-19H,9-14H2. The van der Waals surface area contributed by atoms with Gasteiger partial charge in [0, 0.05) is 51.0 Å². The Labute approximate surface area is 147 Å². The van der Waals surface area contributed by atoms with Gasteiger partial charge in [0.2, 0.25) is 5.91 Å². The van der Waals surface area contributed by atoms with Crippen LogP contribution in [0.5, 0.6) is 0 Å². The van der Waals surface area contributed by atoms with E-state index in [9.17, 15) is 9.18 Å². The smallest absolute Gasteiger partial charge is 0.226 e. The van der Waals surface area contributed by atoms with Crippen LogP contribution in [0.1, 0.15) is 23.5 Å². The molecule has 0 bridgehead atoms. The Morgan fingerprint density at radius 1 is 1.04 bits per heavy atom. The van der Waals surface area contributed by atoms with Crippen LogP contribution in [0.15, 0.2) is 48.8 Å². The summed E-state index contributed by atoms with van der Waals surface area (Å²) in [6, 6.07) is 10.6. The van der Waals surface area contributed by atoms with E-state index in [0.717, 1.165) is 44.7 Å². The molecule has 2 atom stereocenters. The minimum Gasteiger partial charge on any atom is -0.340 e. The molecule has 1 aliphatic heterocycles. The number of hydrogen-bond donors (Lipinski definition) is 0. The van der Waals surface area contributed by atoms with Crippen LogP contribution < -0.4 is 0 Å². The minimum absolute atomic E-state index is 0.0807. The molecule has 1 aromatic heterocycles. The zero-order valence-corrected chi connectivity index (χ0v) is 14.1. The lowest BCUT2D eigenvalue weighted by Crippen LogP contribution is -2.48. The highest BCUT2D eigenvalue weighted by Crippen LogP contribution is 2.48. The van der Waals surface area contributed by atoms with E-state index in [-0.39, 0.29) is 23.6 Å². The van der Waals surface area contributed by atoms with Crippen LogP contribution in [-0.2, 0) is 11.3 Å². The van der Waals surface area contributed by atoms with Crippen LogP contribution in [0.3, 0.4) is 0 Å². The summed E-state index contributed by atoms with van der Waals surface area (Å²) in [6.07, 6.45) is 4.53. The first-order chi connectivity index (χ1) is 12.2. The van der Waals surface area contributed by atoms with Gasteiger partial charge in [0.1, 0.15) is 5.82 Å². The zero-order chi connectivity index (χ0) is 17.2. The van der Waals surface area contributed by atoms with Gasteiger partial charge in [-0.2, -0.15) is 0 Å². The number of rotatable bonds is 4. The number of pyridine rings is 1. The molecule has 1 saturated heterocycles. The summed E-state index contributed by atoms with van der Waals surface area (Å²) < 4.78 is 13.0. The van der Waals surface area contributed by atoms with Crippen molar-refractivity contribution in [3.8, 4) is 0 Å². The number of carbonyl (C=O) groups excluding carboxylic acids is 1. The molecule has 4 nitrogen and oxygen atoms in total. The van der Waals surface area contributed by atoms with E-state index in [4.69, 9.17) is 0 Å². The summed E-state index contributed by atoms with van der Waals surface area (Å²) in [5, 5.41) is 0. The minimum atomic E-state index is -0.224. The predicted molar refractivity (Wildman–Crippen MR) is 93.3 cm³/mol. The van der Waals surface area contributed by atoms with E-state index in [0.29, 0.717) is 0 Å². The molecule has 0 spiro atoms. The number of halogens is 1. The van der Waals surface area contributed by atoms with Gasteiger partial charge in [0.25, 0.3) is 0 Å². The fourth-order valence-corrected chi connectivity index (χ4v) is 3.65. The normalized spacial score (nSPS) is 23.5. The average molecular weight is 339 g/mol. The largest absolute Gasteiger partial charge is 0.340 e. The second-order valence-corrected chi connectivity index (χ2v) is 6.96. The van der Waals surface area contributed by atoms with E-state index in [1.807, 2.05) is 29.4 Å². The van der Waals surface area contributed by atoms with Crippen LogP contribution in [-0.4, -0.2) is 46.9 Å². The molecule has 4 rings (SSSR count). The van der Waals surface area contributed by atoms with Gasteiger partial charge in [-0.05, 0) is 47.7 Å². The molecule has 1 aromatic carbocycles. The molecule has 1 saturated carbocycles. The highest BCUT2D eigenvalue weighted by Gasteiger charge is 2.46. The van der Waals surface area contributed by atoms with Crippen LogP contribution >= 0.6 is 0 Å². The summed E-state index contributed by atoms with van der Waals surface area (Å²) in [5.74, 6) is 0.385. The Morgan fingerprint density at radius 3 is 2.40 bits per heavy atom. The summed E-state index contributed by atoms with van der Waals surface area (Å²) in [4.78, 5) is 21.1. The molecule has 0 N–H and O–H groups in total. The van der Waals surface area contributed by atoms with Gasteiger partial charge in [0.05, 0.1) is 0 Å². The van der Waals surface area contributed by atoms with E-state index in [2.05, 4.69) is 9.88 Å². The lowest BCUT2D eigenvalue weighted by atomic mass is 10.1. The van der Waals surface area contributed by atoms with Crippen molar-refractivity contribution in [1.82, 2.24) is 14.8 Å². The molecule has 5 heteroatoms. The van der Waals surface area contributed by atoms with Gasteiger partial charge in [-0.15, -0.1) is 0 Å². The molecule has 1 aliphatic carbocycles. The molecular formula is C20H22FN3O. The third-order valence-corrected chi connectivity index (χ3v) is 5.25. The molecule has 0 radical (unpaired) electrons. The molecule has 25 heavy (non-hydrogen) atoms. The van der Waals surface area contributed by atoms with E-state index in [1.54, 1.807) is 12.1 Å². The first-order valence-corrected chi connectivity index (χ1v) is 8.86. The van der Waals surface area contributed by atoms with Crippen LogP contribution in [0.25, 0.3) is 0 Å². The van der Waals surface area contributed by atoms with Crippen molar-refractivity contribution in [2.45, 2.75) is 18.9 Å². The Balaban J connectivity index is 1.28. The van der Waals surface area contributed by atoms with Crippen LogP contribution in [0.2, 0.25) is 0 Å². The average Bonchev–Trinajstić information content (AvgIpc) is 3.44. The first kappa shape index (κ1) is 16.2. The molecule has 2 aromatic rings. The number of aromatic nitrogens is 1. The van der Waals surface area contributed by atoms with Crippen molar-refractivity contribution in [3.05, 3.63) is 65.7 Å². The summed E-state index contributed by atoms with van der Waals surface area (Å²) in [5.41, 5.74) is 2.34. The number of amides is 1. The van der Waals surface area contributed by atoms with Gasteiger partial charge in [-0.1, -0.05) is 12.1 Å². The monoisotopic (exact) mass is 339 g/mol. The van der Waals surface area contributed by atoms with Gasteiger partial charge in [-0.3, -0.25) is 14.7 Å². The molecule has 1 amide bonds. The summed E-state index contributed by atoms with van der Waals surface area (Å²) in [7, 11) is 0. The third-order valence-electron chi connectivity index (χ3n) is 5.25. The second kappa shape index (κ2) is 6.92. The van der Waals surface area contributed by atoms with Crippen molar-refractivity contribution in [1.29, 1.82) is 0 Å². The summed E-state index contributed by atoms with van der Waals surface area (Å²) in [6.45, 7) is 4.29. The Morgan fingerprint density at radius 2 is 1.72 bits per heavy atom. The Kier molecular flexibility index (Phi) is 4.49. The van der Waals surface area contributed by atoms with Gasteiger partial charge >= 0.3 is 0 Å². The zero-order valence-electron chi connectivity index (χ0n) is 14.1. The van der Waals surface area contributed by atoms with Crippen molar-refractivity contribution in [3.63, 3.8) is 0 Å². The molecule has 2 fully saturated rings. The predicted octanol–water partition coefficient (Wildman–Crippen LogP) is 2.67. The second-order valence-electron chi connectivity index (χ2n) is 6.96. The molecule has 2 aliphatic rings. The summed E-state index contributed by atoms with van der Waals surface area (Å²) >= 11 is 0. The highest BCUT2D eigenvalue weighted by molar-refractivity contribution is 5.83. The molecular weight excluding hydrogens is 317 g/mol. The van der Waals surface area contributed by atoms with E-state index >= 15 is 0 Å². The number of carbonyl (C=O) groups is 1.